The summed E-state index contributed by atoms with van der Waals surface area (Å²) in [6.07, 6.45) is -0.884. The van der Waals surface area contributed by atoms with Crippen molar-refractivity contribution in [2.45, 2.75) is 12.1 Å². The summed E-state index contributed by atoms with van der Waals surface area (Å²) in [7, 11) is -3.17. The van der Waals surface area contributed by atoms with Crippen LogP contribution in [0.1, 0.15) is 0 Å². The lowest BCUT2D eigenvalue weighted by Gasteiger charge is -2.17. The van der Waals surface area contributed by atoms with E-state index in [0.717, 1.165) is 17.1 Å². The topological polar surface area (TPSA) is 90.5 Å². The second-order valence-corrected chi connectivity index (χ2v) is 8.48. The van der Waals surface area contributed by atoms with E-state index < -0.39 is 22.0 Å². The minimum atomic E-state index is -3.17. The van der Waals surface area contributed by atoms with Crippen molar-refractivity contribution in [3.63, 3.8) is 0 Å². The quantitative estimate of drug-likeness (QED) is 0.607. The van der Waals surface area contributed by atoms with Gasteiger partial charge >= 0.3 is 0 Å². The first-order chi connectivity index (χ1) is 11.9. The Morgan fingerprint density at radius 3 is 2.04 bits per heavy atom. The molecule has 0 unspecified atom stereocenters. The summed E-state index contributed by atoms with van der Waals surface area (Å²) in [5.41, 5.74) is 2.45. The number of anilines is 3. The van der Waals surface area contributed by atoms with Crippen LogP contribution in [0, 0.1) is 0 Å². The Bertz CT molecular complexity index is 839. The van der Waals surface area contributed by atoms with E-state index in [9.17, 15) is 13.5 Å². The van der Waals surface area contributed by atoms with Gasteiger partial charge in [-0.2, -0.15) is 0 Å². The first-order valence-corrected chi connectivity index (χ1v) is 10.0. The number of rotatable bonds is 4. The van der Waals surface area contributed by atoms with Gasteiger partial charge in [-0.05, 0) is 48.6 Å². The largest absolute Gasteiger partial charge is 0.390 e. The summed E-state index contributed by atoms with van der Waals surface area (Å²) in [4.78, 5) is 0. The van der Waals surface area contributed by atoms with E-state index in [-0.39, 0.29) is 11.5 Å². The van der Waals surface area contributed by atoms with E-state index in [2.05, 4.69) is 16.0 Å². The zero-order chi connectivity index (χ0) is 17.9. The zero-order valence-electron chi connectivity index (χ0n) is 13.3. The predicted octanol–water partition coefficient (Wildman–Crippen LogP) is 2.07. The van der Waals surface area contributed by atoms with Gasteiger partial charge in [0.25, 0.3) is 0 Å². The molecule has 8 heteroatoms. The summed E-state index contributed by atoms with van der Waals surface area (Å²) < 4.78 is 23.1. The first kappa shape index (κ1) is 17.7. The Labute approximate surface area is 152 Å². The number of thiocarbonyl (C=S) groups is 1. The van der Waals surface area contributed by atoms with Gasteiger partial charge in [-0.3, -0.25) is 0 Å². The lowest BCUT2D eigenvalue weighted by Crippen LogP contribution is -2.31. The van der Waals surface area contributed by atoms with E-state index in [1.165, 1.54) is 0 Å². The van der Waals surface area contributed by atoms with Gasteiger partial charge in [0.05, 0.1) is 23.7 Å². The van der Waals surface area contributed by atoms with E-state index in [1.807, 2.05) is 54.6 Å². The van der Waals surface area contributed by atoms with Crippen molar-refractivity contribution >= 4 is 44.2 Å². The molecule has 0 saturated carbocycles. The predicted molar refractivity (Wildman–Crippen MR) is 105 cm³/mol. The zero-order valence-corrected chi connectivity index (χ0v) is 15.0. The van der Waals surface area contributed by atoms with Crippen molar-refractivity contribution in [3.8, 4) is 0 Å². The third kappa shape index (κ3) is 4.91. The molecule has 6 nitrogen and oxygen atoms in total. The van der Waals surface area contributed by atoms with Crippen LogP contribution in [-0.4, -0.2) is 42.3 Å². The molecule has 1 aliphatic rings. The standard InChI is InChI=1S/C17H19N3O3S2/c21-16-11-25(22,23)10-15(16)18-13-6-8-14(9-7-13)20-17(24)19-12-4-2-1-3-5-12/h1-9,15-16,18,21H,10-11H2,(H2,19,20,24)/t15-,16-/m1/s1. The maximum Gasteiger partial charge on any atom is 0.175 e. The molecule has 2 atom stereocenters. The third-order valence-corrected chi connectivity index (χ3v) is 5.77. The molecule has 2 aromatic rings. The lowest BCUT2D eigenvalue weighted by molar-refractivity contribution is 0.190. The minimum Gasteiger partial charge on any atom is -0.390 e. The van der Waals surface area contributed by atoms with Gasteiger partial charge in [0.15, 0.2) is 14.9 Å². The molecule has 0 aliphatic carbocycles. The van der Waals surface area contributed by atoms with Gasteiger partial charge in [-0.25, -0.2) is 8.42 Å². The molecule has 1 aliphatic heterocycles. The molecule has 0 amide bonds. The van der Waals surface area contributed by atoms with Gasteiger partial charge < -0.3 is 21.1 Å². The molecule has 3 rings (SSSR count). The van der Waals surface area contributed by atoms with Crippen LogP contribution in [0.15, 0.2) is 54.6 Å². The number of aliphatic hydroxyl groups is 1. The molecular weight excluding hydrogens is 358 g/mol. The number of para-hydroxylation sites is 1. The molecule has 0 aromatic heterocycles. The second-order valence-electron chi connectivity index (χ2n) is 5.92. The van der Waals surface area contributed by atoms with E-state index >= 15 is 0 Å². The molecule has 1 heterocycles. The lowest BCUT2D eigenvalue weighted by atomic mass is 10.2. The fourth-order valence-electron chi connectivity index (χ4n) is 2.65. The van der Waals surface area contributed by atoms with Crippen LogP contribution in [0.4, 0.5) is 17.1 Å². The van der Waals surface area contributed by atoms with E-state index in [0.29, 0.717) is 5.11 Å². The van der Waals surface area contributed by atoms with E-state index in [4.69, 9.17) is 12.2 Å². The van der Waals surface area contributed by atoms with E-state index in [1.54, 1.807) is 0 Å². The molecule has 1 fully saturated rings. The van der Waals surface area contributed by atoms with Crippen molar-refractivity contribution in [1.82, 2.24) is 0 Å². The van der Waals surface area contributed by atoms with Crippen LogP contribution >= 0.6 is 12.2 Å². The van der Waals surface area contributed by atoms with Crippen LogP contribution in [0.25, 0.3) is 0 Å². The molecular formula is C17H19N3O3S2. The smallest absolute Gasteiger partial charge is 0.175 e. The Morgan fingerprint density at radius 1 is 0.920 bits per heavy atom. The summed E-state index contributed by atoms with van der Waals surface area (Å²) in [6.45, 7) is 0. The average molecular weight is 377 g/mol. The van der Waals surface area contributed by atoms with Crippen molar-refractivity contribution in [3.05, 3.63) is 54.6 Å². The first-order valence-electron chi connectivity index (χ1n) is 7.79. The fraction of sp³-hybridized carbons (Fsp3) is 0.235. The Balaban J connectivity index is 1.56. The number of hydrogen-bond donors (Lipinski definition) is 4. The summed E-state index contributed by atoms with van der Waals surface area (Å²) in [5, 5.41) is 19.5. The van der Waals surface area contributed by atoms with Gasteiger partial charge in [-0.1, -0.05) is 18.2 Å². The van der Waals surface area contributed by atoms with Crippen LogP contribution < -0.4 is 16.0 Å². The number of hydrogen-bond acceptors (Lipinski definition) is 5. The maximum atomic E-state index is 11.5. The Hall–Kier alpha value is -2.16. The number of aliphatic hydroxyl groups excluding tert-OH is 1. The van der Waals surface area contributed by atoms with Crippen LogP contribution in [-0.2, 0) is 9.84 Å². The van der Waals surface area contributed by atoms with Crippen LogP contribution in [0.2, 0.25) is 0 Å². The SMILES string of the molecule is O=S1(=O)C[C@@H](O)[C@H](Nc2ccc(NC(=S)Nc3ccccc3)cc2)C1. The second kappa shape index (κ2) is 7.38. The van der Waals surface area contributed by atoms with Crippen LogP contribution in [0.3, 0.4) is 0 Å². The Morgan fingerprint density at radius 2 is 1.48 bits per heavy atom. The highest BCUT2D eigenvalue weighted by Crippen LogP contribution is 2.20. The van der Waals surface area contributed by atoms with Gasteiger partial charge in [0, 0.05) is 17.1 Å². The van der Waals surface area contributed by atoms with Gasteiger partial charge in [0.1, 0.15) is 0 Å². The number of nitrogens with one attached hydrogen (secondary N) is 3. The molecule has 1 saturated heterocycles. The number of sulfone groups is 1. The minimum absolute atomic E-state index is 0.0563. The summed E-state index contributed by atoms with van der Waals surface area (Å²) in [5.74, 6) is -0.247. The number of benzene rings is 2. The molecule has 4 N–H and O–H groups in total. The maximum absolute atomic E-state index is 11.5. The highest BCUT2D eigenvalue weighted by Gasteiger charge is 2.36. The van der Waals surface area contributed by atoms with Crippen molar-refractivity contribution in [2.75, 3.05) is 27.5 Å². The fourth-order valence-corrected chi connectivity index (χ4v) is 4.62. The monoisotopic (exact) mass is 377 g/mol. The Kier molecular flexibility index (Phi) is 5.22. The molecule has 132 valence electrons. The normalized spacial score (nSPS) is 21.5. The molecule has 25 heavy (non-hydrogen) atoms. The molecule has 2 aromatic carbocycles. The molecule has 0 spiro atoms. The molecule has 0 bridgehead atoms. The third-order valence-electron chi connectivity index (χ3n) is 3.85. The van der Waals surface area contributed by atoms with Crippen LogP contribution in [0.5, 0.6) is 0 Å². The van der Waals surface area contributed by atoms with Gasteiger partial charge in [-0.15, -0.1) is 0 Å². The van der Waals surface area contributed by atoms with Crippen molar-refractivity contribution in [1.29, 1.82) is 0 Å². The molecule has 0 radical (unpaired) electrons. The van der Waals surface area contributed by atoms with Crippen molar-refractivity contribution in [2.24, 2.45) is 0 Å². The summed E-state index contributed by atoms with van der Waals surface area (Å²) >= 11 is 5.27. The average Bonchev–Trinajstić information content (AvgIpc) is 2.82. The van der Waals surface area contributed by atoms with Crippen molar-refractivity contribution < 1.29 is 13.5 Å². The van der Waals surface area contributed by atoms with Gasteiger partial charge in [0.2, 0.25) is 0 Å². The highest BCUT2D eigenvalue weighted by atomic mass is 32.2. The highest BCUT2D eigenvalue weighted by molar-refractivity contribution is 7.91. The summed E-state index contributed by atoms with van der Waals surface area (Å²) in [6, 6.07) is 16.4.